The Bertz CT molecular complexity index is 1070. The maximum absolute atomic E-state index is 12.9. The molecule has 34 heavy (non-hydrogen) atoms. The Balaban J connectivity index is 1.42. The first-order chi connectivity index (χ1) is 16.1. The van der Waals surface area contributed by atoms with Gasteiger partial charge in [-0.3, -0.25) is 14.5 Å². The number of anilines is 1. The van der Waals surface area contributed by atoms with Crippen molar-refractivity contribution >= 4 is 29.1 Å². The lowest BCUT2D eigenvalue weighted by atomic mass is 9.97. The predicted octanol–water partition coefficient (Wildman–Crippen LogP) is 5.26. The van der Waals surface area contributed by atoms with Gasteiger partial charge in [0.2, 0.25) is 11.8 Å². The Morgan fingerprint density at radius 2 is 1.85 bits per heavy atom. The number of carbonyl (C=O) groups excluding carboxylic acids is 2. The second-order valence-electron chi connectivity index (χ2n) is 8.96. The maximum atomic E-state index is 12.9. The molecule has 182 valence electrons. The summed E-state index contributed by atoms with van der Waals surface area (Å²) in [6.07, 6.45) is -1.19. The van der Waals surface area contributed by atoms with Crippen molar-refractivity contribution in [2.45, 2.75) is 57.9 Å². The molecule has 2 aromatic rings. The molecule has 1 saturated heterocycles. The van der Waals surface area contributed by atoms with E-state index in [1.165, 1.54) is 19.1 Å². The number of benzene rings is 2. The highest BCUT2D eigenvalue weighted by Gasteiger charge is 2.31. The van der Waals surface area contributed by atoms with Gasteiger partial charge >= 0.3 is 6.18 Å². The van der Waals surface area contributed by atoms with Gasteiger partial charge in [0.15, 0.2) is 0 Å². The van der Waals surface area contributed by atoms with Crippen LogP contribution in [0.1, 0.15) is 48.4 Å². The molecule has 0 radical (unpaired) electrons. The number of halogens is 4. The Labute approximate surface area is 201 Å². The molecule has 1 unspecified atom stereocenters. The molecular weight excluding hydrogens is 467 g/mol. The standard InChI is InChI=1S/C25H27ClF3N3O2/c1-16(33)32-10-3-2-4-23(32)24(34)30-20-12-18-9-11-31(15-21(18)22(26)13-20)14-17-5-7-19(8-6-17)25(27,28)29/h5-8,12-13,23H,2-4,9-11,14-15H2,1H3,(H,30,34). The van der Waals surface area contributed by atoms with Crippen LogP contribution in [0.15, 0.2) is 36.4 Å². The van der Waals surface area contributed by atoms with E-state index in [4.69, 9.17) is 11.6 Å². The van der Waals surface area contributed by atoms with E-state index in [1.54, 1.807) is 11.0 Å². The van der Waals surface area contributed by atoms with E-state index in [2.05, 4.69) is 10.2 Å². The molecule has 4 rings (SSSR count). The van der Waals surface area contributed by atoms with Gasteiger partial charge in [0.05, 0.1) is 5.56 Å². The van der Waals surface area contributed by atoms with Crippen molar-refractivity contribution in [3.8, 4) is 0 Å². The fourth-order valence-electron chi connectivity index (χ4n) is 4.75. The monoisotopic (exact) mass is 493 g/mol. The molecule has 1 N–H and O–H groups in total. The quantitative estimate of drug-likeness (QED) is 0.632. The third-order valence-corrected chi connectivity index (χ3v) is 6.87. The van der Waals surface area contributed by atoms with Crippen LogP contribution < -0.4 is 5.32 Å². The van der Waals surface area contributed by atoms with Crippen molar-refractivity contribution in [3.63, 3.8) is 0 Å². The molecule has 2 heterocycles. The van der Waals surface area contributed by atoms with Crippen LogP contribution in [0.2, 0.25) is 5.02 Å². The normalized spacial score (nSPS) is 19.0. The minimum Gasteiger partial charge on any atom is -0.331 e. The minimum absolute atomic E-state index is 0.100. The summed E-state index contributed by atoms with van der Waals surface area (Å²) in [7, 11) is 0. The Hall–Kier alpha value is -2.58. The van der Waals surface area contributed by atoms with Crippen LogP contribution in [-0.2, 0) is 35.3 Å². The molecule has 5 nitrogen and oxygen atoms in total. The van der Waals surface area contributed by atoms with E-state index in [-0.39, 0.29) is 11.8 Å². The van der Waals surface area contributed by atoms with Crippen molar-refractivity contribution < 1.29 is 22.8 Å². The molecule has 0 aromatic heterocycles. The van der Waals surface area contributed by atoms with Crippen molar-refractivity contribution in [2.24, 2.45) is 0 Å². The molecule has 2 aliphatic rings. The van der Waals surface area contributed by atoms with E-state index in [1.807, 2.05) is 6.07 Å². The van der Waals surface area contributed by atoms with Crippen LogP contribution in [-0.4, -0.2) is 40.7 Å². The highest BCUT2D eigenvalue weighted by molar-refractivity contribution is 6.31. The Morgan fingerprint density at radius 1 is 1.12 bits per heavy atom. The first-order valence-electron chi connectivity index (χ1n) is 11.4. The van der Waals surface area contributed by atoms with Crippen LogP contribution >= 0.6 is 11.6 Å². The highest BCUT2D eigenvalue weighted by Crippen LogP contribution is 2.32. The lowest BCUT2D eigenvalue weighted by Crippen LogP contribution is -2.49. The van der Waals surface area contributed by atoms with Gasteiger partial charge in [-0.05, 0) is 66.6 Å². The summed E-state index contributed by atoms with van der Waals surface area (Å²) in [5, 5.41) is 3.47. The molecular formula is C25H27ClF3N3O2. The van der Waals surface area contributed by atoms with E-state index in [0.29, 0.717) is 43.2 Å². The summed E-state index contributed by atoms with van der Waals surface area (Å²) in [6.45, 7) is 3.90. The summed E-state index contributed by atoms with van der Waals surface area (Å²) in [6, 6.07) is 8.41. The largest absolute Gasteiger partial charge is 0.416 e. The zero-order valence-electron chi connectivity index (χ0n) is 18.9. The third-order valence-electron chi connectivity index (χ3n) is 6.53. The fraction of sp³-hybridized carbons (Fsp3) is 0.440. The topological polar surface area (TPSA) is 52.7 Å². The molecule has 2 aliphatic heterocycles. The van der Waals surface area contributed by atoms with E-state index in [0.717, 1.165) is 48.2 Å². The van der Waals surface area contributed by atoms with Gasteiger partial charge in [-0.15, -0.1) is 0 Å². The first-order valence-corrected chi connectivity index (χ1v) is 11.8. The molecule has 2 amide bonds. The van der Waals surface area contributed by atoms with Gasteiger partial charge in [-0.2, -0.15) is 13.2 Å². The summed E-state index contributed by atoms with van der Waals surface area (Å²) >= 11 is 6.57. The number of rotatable bonds is 4. The number of piperidine rings is 1. The summed E-state index contributed by atoms with van der Waals surface area (Å²) < 4.78 is 38.4. The molecule has 1 atom stereocenters. The van der Waals surface area contributed by atoms with Gasteiger partial charge in [0, 0.05) is 43.8 Å². The van der Waals surface area contributed by atoms with Crippen LogP contribution in [0.25, 0.3) is 0 Å². The average Bonchev–Trinajstić information content (AvgIpc) is 2.79. The number of nitrogens with zero attached hydrogens (tertiary/aromatic N) is 2. The van der Waals surface area contributed by atoms with Crippen LogP contribution in [0.4, 0.5) is 18.9 Å². The number of hydrogen-bond donors (Lipinski definition) is 1. The van der Waals surface area contributed by atoms with Crippen LogP contribution in [0, 0.1) is 0 Å². The first kappa shape index (κ1) is 24.5. The summed E-state index contributed by atoms with van der Waals surface area (Å²) in [5.74, 6) is -0.304. The van der Waals surface area contributed by atoms with Crippen molar-refractivity contribution in [1.82, 2.24) is 9.80 Å². The lowest BCUT2D eigenvalue weighted by molar-refractivity contribution is -0.138. The second-order valence-corrected chi connectivity index (χ2v) is 9.37. The Morgan fingerprint density at radius 3 is 2.53 bits per heavy atom. The number of likely N-dealkylation sites (tertiary alicyclic amines) is 1. The van der Waals surface area contributed by atoms with Gasteiger partial charge < -0.3 is 10.2 Å². The zero-order valence-corrected chi connectivity index (χ0v) is 19.7. The van der Waals surface area contributed by atoms with Crippen LogP contribution in [0.3, 0.4) is 0 Å². The number of carbonyl (C=O) groups is 2. The number of hydrogen-bond acceptors (Lipinski definition) is 3. The molecule has 1 fully saturated rings. The maximum Gasteiger partial charge on any atom is 0.416 e. The molecule has 0 bridgehead atoms. The Kier molecular flexibility index (Phi) is 7.19. The fourth-order valence-corrected chi connectivity index (χ4v) is 5.04. The zero-order chi connectivity index (χ0) is 24.5. The van der Waals surface area contributed by atoms with E-state index >= 15 is 0 Å². The summed E-state index contributed by atoms with van der Waals surface area (Å²) in [4.78, 5) is 28.5. The van der Waals surface area contributed by atoms with Crippen molar-refractivity contribution in [2.75, 3.05) is 18.4 Å². The molecule has 2 aromatic carbocycles. The van der Waals surface area contributed by atoms with Gasteiger partial charge in [-0.25, -0.2) is 0 Å². The smallest absolute Gasteiger partial charge is 0.331 e. The number of fused-ring (bicyclic) bond motifs is 1. The van der Waals surface area contributed by atoms with E-state index < -0.39 is 17.8 Å². The number of alkyl halides is 3. The average molecular weight is 494 g/mol. The lowest BCUT2D eigenvalue weighted by Gasteiger charge is -2.34. The molecule has 9 heteroatoms. The molecule has 0 saturated carbocycles. The van der Waals surface area contributed by atoms with E-state index in [9.17, 15) is 22.8 Å². The third kappa shape index (κ3) is 5.55. The minimum atomic E-state index is -4.34. The van der Waals surface area contributed by atoms with Gasteiger partial charge in [0.25, 0.3) is 0 Å². The van der Waals surface area contributed by atoms with Crippen molar-refractivity contribution in [1.29, 1.82) is 0 Å². The molecule has 0 spiro atoms. The van der Waals surface area contributed by atoms with Crippen LogP contribution in [0.5, 0.6) is 0 Å². The molecule has 0 aliphatic carbocycles. The number of nitrogens with one attached hydrogen (secondary N) is 1. The second kappa shape index (κ2) is 9.96. The SMILES string of the molecule is CC(=O)N1CCCCC1C(=O)Nc1cc(Cl)c2c(c1)CCN(Cc1ccc(C(F)(F)F)cc1)C2. The predicted molar refractivity (Wildman–Crippen MR) is 124 cm³/mol. The number of amides is 2. The highest BCUT2D eigenvalue weighted by atomic mass is 35.5. The summed E-state index contributed by atoms with van der Waals surface area (Å²) in [5.41, 5.74) is 2.76. The van der Waals surface area contributed by atoms with Gasteiger partial charge in [0.1, 0.15) is 6.04 Å². The van der Waals surface area contributed by atoms with Crippen molar-refractivity contribution in [3.05, 3.63) is 63.7 Å². The van der Waals surface area contributed by atoms with Gasteiger partial charge in [-0.1, -0.05) is 23.7 Å².